The second-order valence-corrected chi connectivity index (χ2v) is 5.62. The highest BCUT2D eigenvalue weighted by atomic mass is 79.9. The van der Waals surface area contributed by atoms with Crippen molar-refractivity contribution >= 4 is 28.3 Å². The highest BCUT2D eigenvalue weighted by Gasteiger charge is 2.24. The van der Waals surface area contributed by atoms with E-state index in [0.29, 0.717) is 0 Å². The van der Waals surface area contributed by atoms with Crippen LogP contribution in [0.1, 0.15) is 18.0 Å². The van der Waals surface area contributed by atoms with Crippen molar-refractivity contribution in [2.75, 3.05) is 39.9 Å². The first-order chi connectivity index (χ1) is 9.26. The standard InChI is InChI=1S/C14H21BrN2O2.ClH/c1-19-14-10-11(15)2-3-12(14)13(4-9-18)17-7-5-16-6-8-17;/h2-3,10,13,16,18H,4-9H2,1H3;1H/t13-;/m0./s1. The van der Waals surface area contributed by atoms with Gasteiger partial charge in [0.15, 0.2) is 0 Å². The summed E-state index contributed by atoms with van der Waals surface area (Å²) >= 11 is 3.47. The molecule has 0 radical (unpaired) electrons. The average molecular weight is 366 g/mol. The molecule has 0 unspecified atom stereocenters. The SMILES string of the molecule is COc1cc(Br)ccc1[C@H](CCO)N1CCNCC1.Cl. The Morgan fingerprint density at radius 3 is 2.70 bits per heavy atom. The maximum absolute atomic E-state index is 9.35. The summed E-state index contributed by atoms with van der Waals surface area (Å²) in [5.41, 5.74) is 1.15. The molecule has 1 heterocycles. The molecule has 0 aromatic heterocycles. The molecule has 0 bridgehead atoms. The summed E-state index contributed by atoms with van der Waals surface area (Å²) in [4.78, 5) is 2.42. The van der Waals surface area contributed by atoms with Gasteiger partial charge in [-0.05, 0) is 18.6 Å². The van der Waals surface area contributed by atoms with Crippen LogP contribution >= 0.6 is 28.3 Å². The van der Waals surface area contributed by atoms with Gasteiger partial charge in [0.25, 0.3) is 0 Å². The van der Waals surface area contributed by atoms with Gasteiger partial charge < -0.3 is 15.2 Å². The van der Waals surface area contributed by atoms with Gasteiger partial charge in [0.05, 0.1) is 7.11 Å². The van der Waals surface area contributed by atoms with Crippen molar-refractivity contribution in [2.24, 2.45) is 0 Å². The van der Waals surface area contributed by atoms with Crippen LogP contribution in [0, 0.1) is 0 Å². The van der Waals surface area contributed by atoms with E-state index < -0.39 is 0 Å². The lowest BCUT2D eigenvalue weighted by Crippen LogP contribution is -2.45. The second kappa shape index (κ2) is 8.85. The van der Waals surface area contributed by atoms with Crippen molar-refractivity contribution in [3.8, 4) is 5.75 Å². The Labute approximate surface area is 135 Å². The Bertz CT molecular complexity index is 414. The number of hydrogen-bond acceptors (Lipinski definition) is 4. The lowest BCUT2D eigenvalue weighted by molar-refractivity contribution is 0.139. The van der Waals surface area contributed by atoms with E-state index in [1.54, 1.807) is 7.11 Å². The highest BCUT2D eigenvalue weighted by molar-refractivity contribution is 9.10. The molecule has 1 saturated heterocycles. The van der Waals surface area contributed by atoms with E-state index in [1.165, 1.54) is 0 Å². The maximum Gasteiger partial charge on any atom is 0.124 e. The van der Waals surface area contributed by atoms with Crippen LogP contribution in [0.15, 0.2) is 22.7 Å². The molecule has 2 N–H and O–H groups in total. The summed E-state index contributed by atoms with van der Waals surface area (Å²) in [5.74, 6) is 0.881. The number of ether oxygens (including phenoxy) is 1. The summed E-state index contributed by atoms with van der Waals surface area (Å²) in [6, 6.07) is 6.33. The fraction of sp³-hybridized carbons (Fsp3) is 0.571. The largest absolute Gasteiger partial charge is 0.496 e. The zero-order chi connectivity index (χ0) is 13.7. The minimum atomic E-state index is 0. The molecule has 0 amide bonds. The zero-order valence-electron chi connectivity index (χ0n) is 11.6. The monoisotopic (exact) mass is 364 g/mol. The quantitative estimate of drug-likeness (QED) is 0.840. The number of halogens is 2. The van der Waals surface area contributed by atoms with Crippen LogP contribution in [0.5, 0.6) is 5.75 Å². The second-order valence-electron chi connectivity index (χ2n) is 4.70. The van der Waals surface area contributed by atoms with Crippen LogP contribution in [-0.2, 0) is 0 Å². The number of nitrogens with one attached hydrogen (secondary N) is 1. The van der Waals surface area contributed by atoms with Crippen LogP contribution in [0.4, 0.5) is 0 Å². The molecule has 1 aliphatic rings. The minimum absolute atomic E-state index is 0. The molecule has 1 aromatic rings. The van der Waals surface area contributed by atoms with Crippen molar-refractivity contribution in [1.82, 2.24) is 10.2 Å². The number of aliphatic hydroxyl groups excluding tert-OH is 1. The van der Waals surface area contributed by atoms with Gasteiger partial charge in [0.2, 0.25) is 0 Å². The predicted molar refractivity (Wildman–Crippen MR) is 86.8 cm³/mol. The Morgan fingerprint density at radius 2 is 2.10 bits per heavy atom. The van der Waals surface area contributed by atoms with Crippen molar-refractivity contribution in [1.29, 1.82) is 0 Å². The van der Waals surface area contributed by atoms with Crippen molar-refractivity contribution in [3.63, 3.8) is 0 Å². The van der Waals surface area contributed by atoms with E-state index in [-0.39, 0.29) is 25.1 Å². The average Bonchev–Trinajstić information content (AvgIpc) is 2.46. The summed E-state index contributed by atoms with van der Waals surface area (Å²) in [5, 5.41) is 12.7. The molecular weight excluding hydrogens is 344 g/mol. The molecule has 1 aliphatic heterocycles. The molecule has 0 saturated carbocycles. The molecule has 6 heteroatoms. The first-order valence-corrected chi connectivity index (χ1v) is 7.44. The first-order valence-electron chi connectivity index (χ1n) is 6.65. The van der Waals surface area contributed by atoms with Gasteiger partial charge in [0.1, 0.15) is 5.75 Å². The smallest absolute Gasteiger partial charge is 0.124 e. The third-order valence-electron chi connectivity index (χ3n) is 3.55. The number of aliphatic hydroxyl groups is 1. The van der Waals surface area contributed by atoms with Crippen LogP contribution < -0.4 is 10.1 Å². The van der Waals surface area contributed by atoms with Crippen molar-refractivity contribution in [2.45, 2.75) is 12.5 Å². The topological polar surface area (TPSA) is 44.7 Å². The minimum Gasteiger partial charge on any atom is -0.496 e. The lowest BCUT2D eigenvalue weighted by Gasteiger charge is -2.35. The van der Waals surface area contributed by atoms with Crippen molar-refractivity contribution < 1.29 is 9.84 Å². The van der Waals surface area contributed by atoms with Gasteiger partial charge in [-0.1, -0.05) is 22.0 Å². The van der Waals surface area contributed by atoms with Crippen LogP contribution in [-0.4, -0.2) is 49.9 Å². The molecule has 4 nitrogen and oxygen atoms in total. The van der Waals surface area contributed by atoms with E-state index in [4.69, 9.17) is 4.74 Å². The molecule has 1 atom stereocenters. The summed E-state index contributed by atoms with van der Waals surface area (Å²) in [6.45, 7) is 4.20. The van der Waals surface area contributed by atoms with E-state index in [2.05, 4.69) is 32.2 Å². The van der Waals surface area contributed by atoms with Gasteiger partial charge in [-0.3, -0.25) is 4.90 Å². The number of benzene rings is 1. The number of nitrogens with zero attached hydrogens (tertiary/aromatic N) is 1. The summed E-state index contributed by atoms with van der Waals surface area (Å²) < 4.78 is 6.50. The third kappa shape index (κ3) is 4.33. The first kappa shape index (κ1) is 17.7. The van der Waals surface area contributed by atoms with Gasteiger partial charge in [0, 0.05) is 48.9 Å². The molecule has 20 heavy (non-hydrogen) atoms. The Hall–Kier alpha value is -0.330. The van der Waals surface area contributed by atoms with E-state index in [1.807, 2.05) is 12.1 Å². The molecule has 114 valence electrons. The zero-order valence-corrected chi connectivity index (χ0v) is 14.0. The number of methoxy groups -OCH3 is 1. The molecule has 0 aliphatic carbocycles. The van der Waals surface area contributed by atoms with Crippen LogP contribution in [0.2, 0.25) is 0 Å². The lowest BCUT2D eigenvalue weighted by atomic mass is 10.0. The summed E-state index contributed by atoms with van der Waals surface area (Å²) in [6.07, 6.45) is 0.734. The Kier molecular flexibility index (Phi) is 7.84. The highest BCUT2D eigenvalue weighted by Crippen LogP contribution is 2.33. The predicted octanol–water partition coefficient (Wildman–Crippen LogP) is 2.21. The van der Waals surface area contributed by atoms with E-state index >= 15 is 0 Å². The van der Waals surface area contributed by atoms with Crippen LogP contribution in [0.3, 0.4) is 0 Å². The van der Waals surface area contributed by atoms with Gasteiger partial charge in [-0.15, -0.1) is 12.4 Å². The number of rotatable bonds is 5. The number of piperazine rings is 1. The van der Waals surface area contributed by atoms with Gasteiger partial charge in [-0.2, -0.15) is 0 Å². The van der Waals surface area contributed by atoms with Crippen LogP contribution in [0.25, 0.3) is 0 Å². The normalized spacial score (nSPS) is 17.4. The molecule has 1 fully saturated rings. The van der Waals surface area contributed by atoms with E-state index in [9.17, 15) is 5.11 Å². The fourth-order valence-corrected chi connectivity index (χ4v) is 2.95. The fourth-order valence-electron chi connectivity index (χ4n) is 2.61. The van der Waals surface area contributed by atoms with E-state index in [0.717, 1.165) is 48.4 Å². The summed E-state index contributed by atoms with van der Waals surface area (Å²) in [7, 11) is 1.69. The molecular formula is C14H22BrClN2O2. The van der Waals surface area contributed by atoms with Gasteiger partial charge in [-0.25, -0.2) is 0 Å². The Morgan fingerprint density at radius 1 is 1.40 bits per heavy atom. The molecule has 2 rings (SSSR count). The van der Waals surface area contributed by atoms with Crippen molar-refractivity contribution in [3.05, 3.63) is 28.2 Å². The number of hydrogen-bond donors (Lipinski definition) is 2. The van der Waals surface area contributed by atoms with Gasteiger partial charge >= 0.3 is 0 Å². The maximum atomic E-state index is 9.35. The Balaban J connectivity index is 0.00000200. The molecule has 1 aromatic carbocycles. The molecule has 0 spiro atoms. The third-order valence-corrected chi connectivity index (χ3v) is 4.04.